The van der Waals surface area contributed by atoms with Gasteiger partial charge >= 0.3 is 0 Å². The summed E-state index contributed by atoms with van der Waals surface area (Å²) in [4.78, 5) is 14.2. The van der Waals surface area contributed by atoms with Crippen LogP contribution in [0.4, 0.5) is 0 Å². The number of nitrogens with two attached hydrogens (primary N) is 1. The molecule has 0 aromatic heterocycles. The lowest BCUT2D eigenvalue weighted by atomic mass is 9.64. The molecule has 2 aliphatic carbocycles. The molecule has 2 bridgehead atoms. The van der Waals surface area contributed by atoms with E-state index in [-0.39, 0.29) is 16.9 Å². The van der Waals surface area contributed by atoms with Crippen molar-refractivity contribution in [3.8, 4) is 0 Å². The van der Waals surface area contributed by atoms with Crippen molar-refractivity contribution >= 4 is 5.91 Å². The zero-order valence-corrected chi connectivity index (χ0v) is 15.4. The average molecular weight is 324 g/mol. The normalized spacial score (nSPS) is 36.3. The molecule has 0 radical (unpaired) electrons. The van der Waals surface area contributed by atoms with E-state index in [1.54, 1.807) is 4.90 Å². The van der Waals surface area contributed by atoms with E-state index in [9.17, 15) is 4.79 Å². The van der Waals surface area contributed by atoms with Crippen molar-refractivity contribution in [2.75, 3.05) is 32.7 Å². The highest BCUT2D eigenvalue weighted by Gasteiger charge is 2.60. The van der Waals surface area contributed by atoms with Crippen LogP contribution in [-0.4, -0.2) is 44.2 Å². The molecule has 4 heteroatoms. The number of nitrogens with one attached hydrogen (secondary N) is 2. The highest BCUT2D eigenvalue weighted by molar-refractivity contribution is 5.77. The SMILES string of the molecule is CC1(C)[C@H]2CC[C@H](C2)[C@@]1(C)NC(=O)C[NH2+]CC[NH+]1CCCCC1. The first-order chi connectivity index (χ1) is 10.9. The molecule has 3 aliphatic rings. The number of carbonyl (C=O) groups excluding carboxylic acids is 1. The predicted octanol–water partition coefficient (Wildman–Crippen LogP) is -0.0504. The molecule has 23 heavy (non-hydrogen) atoms. The molecule has 3 fully saturated rings. The Morgan fingerprint density at radius 1 is 1.13 bits per heavy atom. The molecular formula is C19H37N3O+2. The zero-order chi connectivity index (χ0) is 16.5. The number of piperidine rings is 1. The van der Waals surface area contributed by atoms with Crippen molar-refractivity contribution in [2.45, 2.75) is 64.8 Å². The summed E-state index contributed by atoms with van der Waals surface area (Å²) in [6.07, 6.45) is 8.14. The molecule has 2 saturated carbocycles. The monoisotopic (exact) mass is 323 g/mol. The van der Waals surface area contributed by atoms with Crippen LogP contribution in [0.2, 0.25) is 0 Å². The summed E-state index contributed by atoms with van der Waals surface area (Å²) in [6.45, 7) is 12.6. The van der Waals surface area contributed by atoms with Crippen LogP contribution in [0.3, 0.4) is 0 Å². The lowest BCUT2D eigenvalue weighted by Crippen LogP contribution is -3.15. The van der Waals surface area contributed by atoms with Crippen LogP contribution in [0, 0.1) is 17.3 Å². The minimum absolute atomic E-state index is 0.00103. The maximum atomic E-state index is 12.5. The second kappa shape index (κ2) is 6.72. The van der Waals surface area contributed by atoms with Crippen molar-refractivity contribution in [1.29, 1.82) is 0 Å². The summed E-state index contributed by atoms with van der Waals surface area (Å²) in [5.74, 6) is 1.72. The first kappa shape index (κ1) is 17.2. The number of fused-ring (bicyclic) bond motifs is 2. The van der Waals surface area contributed by atoms with Gasteiger partial charge in [-0.2, -0.15) is 0 Å². The maximum Gasteiger partial charge on any atom is 0.275 e. The number of hydrogen-bond donors (Lipinski definition) is 3. The van der Waals surface area contributed by atoms with Gasteiger partial charge in [0.1, 0.15) is 13.1 Å². The summed E-state index contributed by atoms with van der Waals surface area (Å²) in [5.41, 5.74) is 0.239. The Balaban J connectivity index is 1.41. The third-order valence-electron chi connectivity index (χ3n) is 7.60. The van der Waals surface area contributed by atoms with Gasteiger partial charge in [-0.15, -0.1) is 0 Å². The van der Waals surface area contributed by atoms with E-state index in [4.69, 9.17) is 0 Å². The Hall–Kier alpha value is -0.610. The molecule has 0 aromatic carbocycles. The summed E-state index contributed by atoms with van der Waals surface area (Å²) >= 11 is 0. The topological polar surface area (TPSA) is 50.1 Å². The molecule has 1 aliphatic heterocycles. The molecule has 3 atom stereocenters. The minimum atomic E-state index is -0.00103. The van der Waals surface area contributed by atoms with Crippen LogP contribution >= 0.6 is 0 Å². The fraction of sp³-hybridized carbons (Fsp3) is 0.947. The summed E-state index contributed by atoms with van der Waals surface area (Å²) in [6, 6.07) is 0. The van der Waals surface area contributed by atoms with E-state index in [0.29, 0.717) is 12.5 Å². The van der Waals surface area contributed by atoms with Crippen LogP contribution in [0.15, 0.2) is 0 Å². The molecule has 0 spiro atoms. The van der Waals surface area contributed by atoms with Crippen molar-refractivity contribution < 1.29 is 15.0 Å². The third kappa shape index (κ3) is 3.30. The second-order valence-electron chi connectivity index (χ2n) is 9.02. The van der Waals surface area contributed by atoms with Crippen LogP contribution in [0.5, 0.6) is 0 Å². The van der Waals surface area contributed by atoms with Gasteiger partial charge in [-0.05, 0) is 62.7 Å². The van der Waals surface area contributed by atoms with E-state index in [1.165, 1.54) is 58.2 Å². The quantitative estimate of drug-likeness (QED) is 0.590. The third-order valence-corrected chi connectivity index (χ3v) is 7.60. The molecule has 1 heterocycles. The highest BCUT2D eigenvalue weighted by Crippen LogP contribution is 2.61. The Morgan fingerprint density at radius 3 is 2.48 bits per heavy atom. The van der Waals surface area contributed by atoms with Gasteiger partial charge in [0, 0.05) is 5.54 Å². The van der Waals surface area contributed by atoms with E-state index >= 15 is 0 Å². The van der Waals surface area contributed by atoms with Crippen molar-refractivity contribution in [1.82, 2.24) is 5.32 Å². The first-order valence-corrected chi connectivity index (χ1v) is 9.90. The van der Waals surface area contributed by atoms with E-state index in [2.05, 4.69) is 31.4 Å². The van der Waals surface area contributed by atoms with Gasteiger partial charge in [-0.1, -0.05) is 13.8 Å². The van der Waals surface area contributed by atoms with Gasteiger partial charge in [0.25, 0.3) is 5.91 Å². The van der Waals surface area contributed by atoms with Crippen LogP contribution in [-0.2, 0) is 4.79 Å². The number of rotatable bonds is 6. The molecule has 4 N–H and O–H groups in total. The van der Waals surface area contributed by atoms with E-state index in [0.717, 1.165) is 12.5 Å². The molecule has 3 rings (SSSR count). The number of carbonyl (C=O) groups is 1. The fourth-order valence-electron chi connectivity index (χ4n) is 5.56. The Morgan fingerprint density at radius 2 is 1.83 bits per heavy atom. The molecule has 0 aromatic rings. The smallest absolute Gasteiger partial charge is 0.275 e. The minimum Gasteiger partial charge on any atom is -0.345 e. The van der Waals surface area contributed by atoms with Crippen molar-refractivity contribution in [2.24, 2.45) is 17.3 Å². The molecule has 132 valence electrons. The Kier molecular flexibility index (Phi) is 5.03. The van der Waals surface area contributed by atoms with Crippen LogP contribution in [0.25, 0.3) is 0 Å². The number of hydrogen-bond acceptors (Lipinski definition) is 1. The molecule has 1 amide bonds. The molecule has 4 nitrogen and oxygen atoms in total. The molecule has 1 saturated heterocycles. The van der Waals surface area contributed by atoms with Gasteiger partial charge < -0.3 is 15.5 Å². The lowest BCUT2D eigenvalue weighted by Gasteiger charge is -2.48. The van der Waals surface area contributed by atoms with Crippen molar-refractivity contribution in [3.63, 3.8) is 0 Å². The summed E-state index contributed by atoms with van der Waals surface area (Å²) in [5, 5.41) is 5.65. The standard InChI is InChI=1S/C19H35N3O/c1-18(2)15-7-8-16(13-15)19(18,3)21-17(23)14-20-9-12-22-10-5-4-6-11-22/h15-16,20H,4-14H2,1-3H3,(H,21,23)/p+2/t15-,16+,19+/m0/s1. The predicted molar refractivity (Wildman–Crippen MR) is 92.2 cm³/mol. The lowest BCUT2D eigenvalue weighted by molar-refractivity contribution is -0.916. The zero-order valence-electron chi connectivity index (χ0n) is 15.4. The average Bonchev–Trinajstić information content (AvgIpc) is 3.08. The highest BCUT2D eigenvalue weighted by atomic mass is 16.2. The molecular weight excluding hydrogens is 286 g/mol. The van der Waals surface area contributed by atoms with Gasteiger partial charge in [0.05, 0.1) is 13.1 Å². The fourth-order valence-corrected chi connectivity index (χ4v) is 5.56. The van der Waals surface area contributed by atoms with E-state index in [1.807, 2.05) is 0 Å². The van der Waals surface area contributed by atoms with Gasteiger partial charge in [0.2, 0.25) is 0 Å². The Labute approximate surface area is 141 Å². The van der Waals surface area contributed by atoms with Gasteiger partial charge in [-0.3, -0.25) is 4.79 Å². The first-order valence-electron chi connectivity index (χ1n) is 9.90. The number of quaternary nitrogens is 2. The van der Waals surface area contributed by atoms with Gasteiger partial charge in [-0.25, -0.2) is 0 Å². The summed E-state index contributed by atoms with van der Waals surface area (Å²) < 4.78 is 0. The van der Waals surface area contributed by atoms with Crippen LogP contribution in [0.1, 0.15) is 59.3 Å². The van der Waals surface area contributed by atoms with Crippen molar-refractivity contribution in [3.05, 3.63) is 0 Å². The second-order valence-corrected chi connectivity index (χ2v) is 9.02. The van der Waals surface area contributed by atoms with E-state index < -0.39 is 0 Å². The number of likely N-dealkylation sites (tertiary alicyclic amines) is 1. The Bertz CT molecular complexity index is 430. The maximum absolute atomic E-state index is 12.5. The largest absolute Gasteiger partial charge is 0.345 e. The summed E-state index contributed by atoms with van der Waals surface area (Å²) in [7, 11) is 0. The van der Waals surface area contributed by atoms with Gasteiger partial charge in [0.15, 0.2) is 6.54 Å². The van der Waals surface area contributed by atoms with Crippen LogP contribution < -0.4 is 15.5 Å². The number of amides is 1. The molecule has 0 unspecified atom stereocenters.